The minimum absolute atomic E-state index is 0.177. The number of hydrogen-bond donors (Lipinski definition) is 1. The van der Waals surface area contributed by atoms with Crippen molar-refractivity contribution >= 4 is 5.91 Å². The Morgan fingerprint density at radius 3 is 2.44 bits per heavy atom. The Labute approximate surface area is 142 Å². The lowest BCUT2D eigenvalue weighted by Gasteiger charge is -2.18. The van der Waals surface area contributed by atoms with E-state index < -0.39 is 35.3 Å². The van der Waals surface area contributed by atoms with Crippen LogP contribution in [0.2, 0.25) is 0 Å². The van der Waals surface area contributed by atoms with Crippen LogP contribution in [-0.2, 0) is 17.5 Å². The molecule has 1 amide bonds. The predicted molar refractivity (Wildman–Crippen MR) is 84.4 cm³/mol. The molecule has 0 heterocycles. The van der Waals surface area contributed by atoms with Crippen molar-refractivity contribution in [2.45, 2.75) is 32.2 Å². The summed E-state index contributed by atoms with van der Waals surface area (Å²) in [5.41, 5.74) is -0.181. The van der Waals surface area contributed by atoms with Gasteiger partial charge in [-0.25, -0.2) is 4.39 Å². The van der Waals surface area contributed by atoms with Crippen molar-refractivity contribution in [3.8, 4) is 5.75 Å². The molecule has 2 aromatic rings. The highest BCUT2D eigenvalue weighted by molar-refractivity contribution is 5.81. The summed E-state index contributed by atoms with van der Waals surface area (Å²) in [7, 11) is 0. The van der Waals surface area contributed by atoms with Gasteiger partial charge in [-0.15, -0.1) is 0 Å². The van der Waals surface area contributed by atoms with E-state index in [1.807, 2.05) is 30.3 Å². The number of carbonyl (C=O) groups excluding carboxylic acids is 1. The van der Waals surface area contributed by atoms with E-state index in [0.29, 0.717) is 18.2 Å². The zero-order chi connectivity index (χ0) is 18.4. The van der Waals surface area contributed by atoms with Crippen molar-refractivity contribution < 1.29 is 27.1 Å². The molecule has 0 saturated heterocycles. The average Bonchev–Trinajstić information content (AvgIpc) is 2.58. The fraction of sp³-hybridized carbons (Fsp3) is 0.278. The van der Waals surface area contributed by atoms with Gasteiger partial charge in [0.2, 0.25) is 0 Å². The van der Waals surface area contributed by atoms with E-state index in [1.165, 1.54) is 0 Å². The van der Waals surface area contributed by atoms with Crippen molar-refractivity contribution in [3.05, 3.63) is 65.5 Å². The first-order valence-electron chi connectivity index (χ1n) is 7.66. The molecule has 0 bridgehead atoms. The zero-order valence-corrected chi connectivity index (χ0v) is 13.4. The summed E-state index contributed by atoms with van der Waals surface area (Å²) in [6.07, 6.45) is -5.54. The molecular formula is C18H17F4NO2. The summed E-state index contributed by atoms with van der Waals surface area (Å²) < 4.78 is 57.1. The van der Waals surface area contributed by atoms with Gasteiger partial charge in [-0.1, -0.05) is 37.3 Å². The van der Waals surface area contributed by atoms with Gasteiger partial charge in [-0.05, 0) is 30.2 Å². The Bertz CT molecular complexity index is 717. The van der Waals surface area contributed by atoms with E-state index in [9.17, 15) is 22.4 Å². The first kappa shape index (κ1) is 18.8. The molecule has 0 radical (unpaired) electrons. The number of carbonyl (C=O) groups is 1. The molecule has 2 aromatic carbocycles. The van der Waals surface area contributed by atoms with Crippen LogP contribution in [0.1, 0.15) is 24.5 Å². The lowest BCUT2D eigenvalue weighted by Crippen LogP contribution is -2.37. The lowest BCUT2D eigenvalue weighted by atomic mass is 10.2. The molecule has 134 valence electrons. The average molecular weight is 355 g/mol. The second-order valence-electron chi connectivity index (χ2n) is 5.36. The summed E-state index contributed by atoms with van der Waals surface area (Å²) in [6, 6.07) is 10.9. The van der Waals surface area contributed by atoms with Gasteiger partial charge in [0.05, 0.1) is 5.56 Å². The highest BCUT2D eigenvalue weighted by Crippen LogP contribution is 2.33. The molecule has 0 fully saturated rings. The highest BCUT2D eigenvalue weighted by atomic mass is 19.4. The van der Waals surface area contributed by atoms with Crippen molar-refractivity contribution in [2.75, 3.05) is 0 Å². The third kappa shape index (κ3) is 5.20. The molecule has 25 heavy (non-hydrogen) atoms. The van der Waals surface area contributed by atoms with Crippen LogP contribution < -0.4 is 10.1 Å². The number of halogens is 4. The number of benzene rings is 2. The number of amides is 1. The molecule has 0 aliphatic rings. The first-order valence-corrected chi connectivity index (χ1v) is 7.66. The normalized spacial score (nSPS) is 12.5. The van der Waals surface area contributed by atoms with Gasteiger partial charge in [0.15, 0.2) is 17.7 Å². The largest absolute Gasteiger partial charge is 0.478 e. The van der Waals surface area contributed by atoms with Gasteiger partial charge in [0.1, 0.15) is 0 Å². The number of hydrogen-bond acceptors (Lipinski definition) is 2. The van der Waals surface area contributed by atoms with Crippen molar-refractivity contribution in [1.82, 2.24) is 5.32 Å². The minimum atomic E-state index is -4.62. The SMILES string of the molecule is CCC(Oc1cc(C(F)(F)F)ccc1F)C(=O)NCc1ccccc1. The van der Waals surface area contributed by atoms with Gasteiger partial charge < -0.3 is 10.1 Å². The zero-order valence-electron chi connectivity index (χ0n) is 13.4. The van der Waals surface area contributed by atoms with E-state index >= 15 is 0 Å². The lowest BCUT2D eigenvalue weighted by molar-refractivity contribution is -0.137. The molecule has 1 N–H and O–H groups in total. The second-order valence-corrected chi connectivity index (χ2v) is 5.36. The van der Waals surface area contributed by atoms with E-state index in [-0.39, 0.29) is 13.0 Å². The van der Waals surface area contributed by atoms with Crippen molar-refractivity contribution in [2.24, 2.45) is 0 Å². The van der Waals surface area contributed by atoms with Crippen LogP contribution in [0.5, 0.6) is 5.75 Å². The van der Waals surface area contributed by atoms with Crippen LogP contribution in [0, 0.1) is 5.82 Å². The second kappa shape index (κ2) is 8.00. The number of nitrogens with one attached hydrogen (secondary N) is 1. The molecule has 0 saturated carbocycles. The third-order valence-corrected chi connectivity index (χ3v) is 3.50. The van der Waals surface area contributed by atoms with Crippen LogP contribution in [0.25, 0.3) is 0 Å². The molecule has 1 atom stereocenters. The van der Waals surface area contributed by atoms with Crippen molar-refractivity contribution in [3.63, 3.8) is 0 Å². The smallest absolute Gasteiger partial charge is 0.416 e. The van der Waals surface area contributed by atoms with E-state index in [1.54, 1.807) is 6.92 Å². The van der Waals surface area contributed by atoms with Crippen LogP contribution in [0.4, 0.5) is 17.6 Å². The number of ether oxygens (including phenoxy) is 1. The number of alkyl halides is 3. The maximum Gasteiger partial charge on any atom is 0.416 e. The minimum Gasteiger partial charge on any atom is -0.478 e. The Hall–Kier alpha value is -2.57. The van der Waals surface area contributed by atoms with Crippen LogP contribution >= 0.6 is 0 Å². The van der Waals surface area contributed by atoms with Crippen LogP contribution in [0.15, 0.2) is 48.5 Å². The summed E-state index contributed by atoms with van der Waals surface area (Å²) >= 11 is 0. The molecule has 0 aliphatic heterocycles. The fourth-order valence-electron chi connectivity index (χ4n) is 2.14. The summed E-state index contributed by atoms with van der Waals surface area (Å²) in [4.78, 5) is 12.2. The monoisotopic (exact) mass is 355 g/mol. The van der Waals surface area contributed by atoms with E-state index in [4.69, 9.17) is 4.74 Å². The topological polar surface area (TPSA) is 38.3 Å². The maximum atomic E-state index is 13.7. The van der Waals surface area contributed by atoms with Crippen molar-refractivity contribution in [1.29, 1.82) is 0 Å². The van der Waals surface area contributed by atoms with Crippen LogP contribution in [0.3, 0.4) is 0 Å². The summed E-state index contributed by atoms with van der Waals surface area (Å²) in [5, 5.41) is 2.63. The molecule has 0 spiro atoms. The Morgan fingerprint density at radius 2 is 1.84 bits per heavy atom. The van der Waals surface area contributed by atoms with Crippen LogP contribution in [-0.4, -0.2) is 12.0 Å². The Balaban J connectivity index is 2.07. The molecule has 0 aliphatic carbocycles. The molecular weight excluding hydrogens is 338 g/mol. The third-order valence-electron chi connectivity index (χ3n) is 3.50. The summed E-state index contributed by atoms with van der Waals surface area (Å²) in [5.74, 6) is -2.08. The molecule has 3 nitrogen and oxygen atoms in total. The first-order chi connectivity index (χ1) is 11.8. The maximum absolute atomic E-state index is 13.7. The van der Waals surface area contributed by atoms with E-state index in [2.05, 4.69) is 5.32 Å². The van der Waals surface area contributed by atoms with Gasteiger partial charge in [-0.2, -0.15) is 13.2 Å². The molecule has 7 heteroatoms. The van der Waals surface area contributed by atoms with Gasteiger partial charge in [0.25, 0.3) is 5.91 Å². The number of rotatable bonds is 6. The summed E-state index contributed by atoms with van der Waals surface area (Å²) in [6.45, 7) is 1.86. The van der Waals surface area contributed by atoms with E-state index in [0.717, 1.165) is 5.56 Å². The standard InChI is InChI=1S/C18H17F4NO2/c1-2-15(17(24)23-11-12-6-4-3-5-7-12)25-16-10-13(18(20,21)22)8-9-14(16)19/h3-10,15H,2,11H2,1H3,(H,23,24). The molecule has 1 unspecified atom stereocenters. The quantitative estimate of drug-likeness (QED) is 0.784. The highest BCUT2D eigenvalue weighted by Gasteiger charge is 2.32. The Kier molecular flexibility index (Phi) is 6.01. The molecule has 0 aromatic heterocycles. The predicted octanol–water partition coefficient (Wildman–Crippen LogP) is 4.32. The van der Waals surface area contributed by atoms with Gasteiger partial charge >= 0.3 is 6.18 Å². The Morgan fingerprint density at radius 1 is 1.16 bits per heavy atom. The van der Waals surface area contributed by atoms with Gasteiger partial charge in [0, 0.05) is 6.54 Å². The van der Waals surface area contributed by atoms with Gasteiger partial charge in [-0.3, -0.25) is 4.79 Å². The fourth-order valence-corrected chi connectivity index (χ4v) is 2.14. The molecule has 2 rings (SSSR count).